The van der Waals surface area contributed by atoms with Crippen LogP contribution in [0.4, 0.5) is 5.69 Å². The van der Waals surface area contributed by atoms with Crippen molar-refractivity contribution in [3.63, 3.8) is 0 Å². The first-order valence-corrected chi connectivity index (χ1v) is 11.5. The van der Waals surface area contributed by atoms with E-state index >= 15 is 0 Å². The molecule has 1 aliphatic rings. The molecule has 0 bridgehead atoms. The molecule has 1 fully saturated rings. The molecule has 10 heteroatoms. The Balaban J connectivity index is 1.82. The normalized spacial score (nSPS) is 15.4. The lowest BCUT2D eigenvalue weighted by molar-refractivity contribution is -0.128. The summed E-state index contributed by atoms with van der Waals surface area (Å²) >= 11 is 5.88. The number of rotatable bonds is 7. The molecule has 8 nitrogen and oxygen atoms in total. The van der Waals surface area contributed by atoms with Crippen molar-refractivity contribution >= 4 is 33.2 Å². The molecule has 0 aliphatic carbocycles. The number of nitrogens with zero attached hydrogens (tertiary/aromatic N) is 1. The molecule has 0 aromatic heterocycles. The van der Waals surface area contributed by atoms with Crippen LogP contribution in [0.15, 0.2) is 47.4 Å². The van der Waals surface area contributed by atoms with E-state index in [-0.39, 0.29) is 23.7 Å². The third-order valence-electron chi connectivity index (χ3n) is 4.74. The zero-order valence-corrected chi connectivity index (χ0v) is 19.1. The molecular formula is C21H25ClN2O6S. The Bertz CT molecular complexity index is 1030. The Hall–Kier alpha value is -2.33. The monoisotopic (exact) mass is 468 g/mol. The molecule has 0 radical (unpaired) electrons. The summed E-state index contributed by atoms with van der Waals surface area (Å²) in [6.45, 7) is 4.40. The van der Waals surface area contributed by atoms with Crippen LogP contribution < -0.4 is 14.8 Å². The molecule has 0 unspecified atom stereocenters. The SMILES string of the molecule is COc1ccc(NC(=O)C(C)(C)Oc2ccc(Cl)cc2)cc1S(=O)(=O)N1CCOCC1. The third-order valence-corrected chi connectivity index (χ3v) is 6.91. The predicted octanol–water partition coefficient (Wildman–Crippen LogP) is 3.17. The van der Waals surface area contributed by atoms with Crippen molar-refractivity contribution in [3.8, 4) is 11.5 Å². The van der Waals surface area contributed by atoms with Gasteiger partial charge in [0.1, 0.15) is 16.4 Å². The number of amides is 1. The van der Waals surface area contributed by atoms with Crippen LogP contribution in [0.25, 0.3) is 0 Å². The number of hydrogen-bond donors (Lipinski definition) is 1. The number of nitrogens with one attached hydrogen (secondary N) is 1. The Morgan fingerprint density at radius 2 is 1.77 bits per heavy atom. The van der Waals surface area contributed by atoms with Gasteiger partial charge in [0.2, 0.25) is 10.0 Å². The lowest BCUT2D eigenvalue weighted by atomic mass is 10.1. The molecule has 1 N–H and O–H groups in total. The van der Waals surface area contributed by atoms with Crippen LogP contribution in [0.3, 0.4) is 0 Å². The smallest absolute Gasteiger partial charge is 0.267 e. The van der Waals surface area contributed by atoms with Gasteiger partial charge in [0.15, 0.2) is 5.60 Å². The van der Waals surface area contributed by atoms with E-state index in [4.69, 9.17) is 25.8 Å². The Labute approximate surface area is 187 Å². The molecular weight excluding hydrogens is 444 g/mol. The summed E-state index contributed by atoms with van der Waals surface area (Å²) in [5.41, 5.74) is -0.915. The highest BCUT2D eigenvalue weighted by Crippen LogP contribution is 2.31. The topological polar surface area (TPSA) is 94.2 Å². The first-order chi connectivity index (χ1) is 14.6. The molecule has 2 aromatic carbocycles. The molecule has 1 heterocycles. The zero-order valence-electron chi connectivity index (χ0n) is 17.6. The van der Waals surface area contributed by atoms with Gasteiger partial charge in [0, 0.05) is 23.8 Å². The zero-order chi connectivity index (χ0) is 22.6. The maximum atomic E-state index is 13.1. The van der Waals surface area contributed by atoms with Gasteiger partial charge in [0.05, 0.1) is 20.3 Å². The number of sulfonamides is 1. The van der Waals surface area contributed by atoms with Gasteiger partial charge in [-0.2, -0.15) is 4.31 Å². The lowest BCUT2D eigenvalue weighted by Gasteiger charge is -2.27. The highest BCUT2D eigenvalue weighted by Gasteiger charge is 2.32. The predicted molar refractivity (Wildman–Crippen MR) is 117 cm³/mol. The molecule has 2 aromatic rings. The largest absolute Gasteiger partial charge is 0.495 e. The Morgan fingerprint density at radius 3 is 2.39 bits per heavy atom. The van der Waals surface area contributed by atoms with Crippen molar-refractivity contribution in [2.75, 3.05) is 38.7 Å². The van der Waals surface area contributed by atoms with Crippen molar-refractivity contribution in [1.82, 2.24) is 4.31 Å². The van der Waals surface area contributed by atoms with Crippen molar-refractivity contribution in [2.45, 2.75) is 24.3 Å². The molecule has 0 saturated carbocycles. The van der Waals surface area contributed by atoms with E-state index in [1.807, 2.05) is 0 Å². The first kappa shape index (κ1) is 23.3. The summed E-state index contributed by atoms with van der Waals surface area (Å²) < 4.78 is 43.9. The van der Waals surface area contributed by atoms with Gasteiger partial charge < -0.3 is 19.5 Å². The van der Waals surface area contributed by atoms with Gasteiger partial charge in [-0.05, 0) is 56.3 Å². The number of morpholine rings is 1. The van der Waals surface area contributed by atoms with Gasteiger partial charge in [-0.1, -0.05) is 11.6 Å². The van der Waals surface area contributed by atoms with Gasteiger partial charge in [-0.15, -0.1) is 0 Å². The molecule has 0 atom stereocenters. The van der Waals surface area contributed by atoms with Crippen LogP contribution in [0, 0.1) is 0 Å². The van der Waals surface area contributed by atoms with Gasteiger partial charge in [-0.3, -0.25) is 4.79 Å². The van der Waals surface area contributed by atoms with Crippen LogP contribution in [0.2, 0.25) is 5.02 Å². The number of ether oxygens (including phenoxy) is 3. The molecule has 31 heavy (non-hydrogen) atoms. The van der Waals surface area contributed by atoms with E-state index in [0.717, 1.165) is 0 Å². The number of carbonyl (C=O) groups excluding carboxylic acids is 1. The summed E-state index contributed by atoms with van der Waals surface area (Å²) in [6.07, 6.45) is 0. The third kappa shape index (κ3) is 5.48. The number of anilines is 1. The fraction of sp³-hybridized carbons (Fsp3) is 0.381. The van der Waals surface area contributed by atoms with Crippen molar-refractivity contribution in [1.29, 1.82) is 0 Å². The second kappa shape index (κ2) is 9.44. The van der Waals surface area contributed by atoms with E-state index in [9.17, 15) is 13.2 Å². The molecule has 3 rings (SSSR count). The van der Waals surface area contributed by atoms with Crippen molar-refractivity contribution in [2.24, 2.45) is 0 Å². The highest BCUT2D eigenvalue weighted by molar-refractivity contribution is 7.89. The van der Waals surface area contributed by atoms with E-state index in [1.165, 1.54) is 23.5 Å². The summed E-state index contributed by atoms with van der Waals surface area (Å²) in [7, 11) is -2.42. The number of methoxy groups -OCH3 is 1. The van der Waals surface area contributed by atoms with Gasteiger partial charge >= 0.3 is 0 Å². The Morgan fingerprint density at radius 1 is 1.13 bits per heavy atom. The van der Waals surface area contributed by atoms with Gasteiger partial charge in [0.25, 0.3) is 5.91 Å². The maximum Gasteiger partial charge on any atom is 0.267 e. The van der Waals surface area contributed by atoms with E-state index in [2.05, 4.69) is 5.32 Å². The van der Waals surface area contributed by atoms with Crippen LogP contribution in [-0.2, 0) is 19.6 Å². The maximum absolute atomic E-state index is 13.1. The minimum atomic E-state index is -3.82. The van der Waals surface area contributed by atoms with Crippen LogP contribution in [0.1, 0.15) is 13.8 Å². The fourth-order valence-electron chi connectivity index (χ4n) is 3.01. The second-order valence-electron chi connectivity index (χ2n) is 7.40. The minimum Gasteiger partial charge on any atom is -0.495 e. The fourth-order valence-corrected chi connectivity index (χ4v) is 4.72. The molecule has 1 saturated heterocycles. The Kier molecular flexibility index (Phi) is 7.10. The van der Waals surface area contributed by atoms with E-state index < -0.39 is 21.5 Å². The summed E-state index contributed by atoms with van der Waals surface area (Å²) in [5, 5.41) is 3.28. The molecule has 1 aliphatic heterocycles. The number of benzene rings is 2. The van der Waals surface area contributed by atoms with E-state index in [1.54, 1.807) is 44.2 Å². The lowest BCUT2D eigenvalue weighted by Crippen LogP contribution is -2.42. The standard InChI is InChI=1S/C21H25ClN2O6S/c1-21(2,30-17-7-4-15(22)5-8-17)20(25)23-16-6-9-18(28-3)19(14-16)31(26,27)24-10-12-29-13-11-24/h4-9,14H,10-13H2,1-3H3,(H,23,25). The van der Waals surface area contributed by atoms with Gasteiger partial charge in [-0.25, -0.2) is 8.42 Å². The van der Waals surface area contributed by atoms with Crippen molar-refractivity contribution in [3.05, 3.63) is 47.5 Å². The van der Waals surface area contributed by atoms with E-state index in [0.29, 0.717) is 29.7 Å². The van der Waals surface area contributed by atoms with Crippen LogP contribution in [0.5, 0.6) is 11.5 Å². The quantitative estimate of drug-likeness (QED) is 0.670. The highest BCUT2D eigenvalue weighted by atomic mass is 35.5. The average Bonchev–Trinajstić information content (AvgIpc) is 2.75. The number of carbonyl (C=O) groups is 1. The molecule has 0 spiro atoms. The van der Waals surface area contributed by atoms with Crippen LogP contribution in [-0.4, -0.2) is 57.6 Å². The molecule has 168 valence electrons. The van der Waals surface area contributed by atoms with Crippen molar-refractivity contribution < 1.29 is 27.4 Å². The number of hydrogen-bond acceptors (Lipinski definition) is 6. The molecule has 1 amide bonds. The summed E-state index contributed by atoms with van der Waals surface area (Å²) in [5.74, 6) is 0.235. The second-order valence-corrected chi connectivity index (χ2v) is 9.75. The number of halogens is 1. The van der Waals surface area contributed by atoms with Crippen LogP contribution >= 0.6 is 11.6 Å². The first-order valence-electron chi connectivity index (χ1n) is 9.65. The average molecular weight is 469 g/mol. The minimum absolute atomic E-state index is 0.0221. The summed E-state index contributed by atoms with van der Waals surface area (Å²) in [6, 6.07) is 11.1. The summed E-state index contributed by atoms with van der Waals surface area (Å²) in [4.78, 5) is 12.8.